The van der Waals surface area contributed by atoms with Gasteiger partial charge in [0.25, 0.3) is 0 Å². The summed E-state index contributed by atoms with van der Waals surface area (Å²) in [4.78, 5) is 12.6. The standard InChI is InChI=1S/C8H5ClI2N4/c9-1-5-2-13-6(3-12-5)15-4-14-7(10)8(15)11/h2-4H,1H2. The lowest BCUT2D eigenvalue weighted by Crippen LogP contribution is -2.00. The van der Waals surface area contributed by atoms with Gasteiger partial charge in [0, 0.05) is 0 Å². The van der Waals surface area contributed by atoms with Gasteiger partial charge in [0.1, 0.15) is 13.7 Å². The Balaban J connectivity index is 2.41. The number of halogens is 3. The fourth-order valence-corrected chi connectivity index (χ4v) is 2.05. The molecular formula is C8H5ClI2N4. The monoisotopic (exact) mass is 446 g/mol. The van der Waals surface area contributed by atoms with Gasteiger partial charge in [-0.25, -0.2) is 9.97 Å². The van der Waals surface area contributed by atoms with E-state index in [0.29, 0.717) is 5.88 Å². The van der Waals surface area contributed by atoms with E-state index >= 15 is 0 Å². The normalized spacial score (nSPS) is 10.6. The summed E-state index contributed by atoms with van der Waals surface area (Å²) in [5.74, 6) is 1.13. The van der Waals surface area contributed by atoms with Crippen molar-refractivity contribution in [2.75, 3.05) is 0 Å². The first-order chi connectivity index (χ1) is 7.22. The van der Waals surface area contributed by atoms with E-state index in [1.54, 1.807) is 18.7 Å². The Bertz CT molecular complexity index is 468. The van der Waals surface area contributed by atoms with Crippen molar-refractivity contribution in [2.45, 2.75) is 5.88 Å². The number of aromatic nitrogens is 4. The van der Waals surface area contributed by atoms with E-state index in [1.807, 2.05) is 4.57 Å². The zero-order valence-electron chi connectivity index (χ0n) is 7.36. The molecule has 0 bridgehead atoms. The van der Waals surface area contributed by atoms with Gasteiger partial charge in [0.2, 0.25) is 0 Å². The SMILES string of the molecule is ClCc1cnc(-n2cnc(I)c2I)cn1. The van der Waals surface area contributed by atoms with Crippen LogP contribution < -0.4 is 0 Å². The highest BCUT2D eigenvalue weighted by Gasteiger charge is 2.07. The first-order valence-electron chi connectivity index (χ1n) is 3.98. The molecule has 0 radical (unpaired) electrons. The molecule has 2 aromatic heterocycles. The highest BCUT2D eigenvalue weighted by molar-refractivity contribution is 14.1. The molecule has 15 heavy (non-hydrogen) atoms. The maximum absolute atomic E-state index is 5.64. The molecule has 4 nitrogen and oxygen atoms in total. The summed E-state index contributed by atoms with van der Waals surface area (Å²) in [5.41, 5.74) is 0.769. The minimum atomic E-state index is 0.381. The van der Waals surface area contributed by atoms with Crippen molar-refractivity contribution in [1.29, 1.82) is 0 Å². The molecule has 0 unspecified atom stereocenters. The minimum Gasteiger partial charge on any atom is -0.276 e. The zero-order valence-corrected chi connectivity index (χ0v) is 12.4. The van der Waals surface area contributed by atoms with Crippen LogP contribution in [0, 0.1) is 7.40 Å². The van der Waals surface area contributed by atoms with Gasteiger partial charge >= 0.3 is 0 Å². The fraction of sp³-hybridized carbons (Fsp3) is 0.125. The van der Waals surface area contributed by atoms with Crippen LogP contribution in [-0.2, 0) is 5.88 Å². The predicted molar refractivity (Wildman–Crippen MR) is 74.1 cm³/mol. The van der Waals surface area contributed by atoms with E-state index in [9.17, 15) is 0 Å². The number of hydrogen-bond donors (Lipinski definition) is 0. The molecule has 7 heteroatoms. The van der Waals surface area contributed by atoms with Gasteiger partial charge in [-0.15, -0.1) is 11.6 Å². The third-order valence-electron chi connectivity index (χ3n) is 1.74. The van der Waals surface area contributed by atoms with Crippen LogP contribution in [-0.4, -0.2) is 19.5 Å². The van der Waals surface area contributed by atoms with Gasteiger partial charge < -0.3 is 0 Å². The molecule has 2 rings (SSSR count). The molecule has 0 amide bonds. The lowest BCUT2D eigenvalue weighted by atomic mass is 10.5. The third kappa shape index (κ3) is 2.41. The van der Waals surface area contributed by atoms with Crippen molar-refractivity contribution in [3.05, 3.63) is 31.8 Å². The molecule has 0 N–H and O–H groups in total. The first kappa shape index (κ1) is 11.5. The minimum absolute atomic E-state index is 0.381. The van der Waals surface area contributed by atoms with Gasteiger partial charge in [0.15, 0.2) is 5.82 Å². The van der Waals surface area contributed by atoms with Crippen molar-refractivity contribution in [1.82, 2.24) is 19.5 Å². The van der Waals surface area contributed by atoms with Crippen molar-refractivity contribution in [3.63, 3.8) is 0 Å². The molecule has 2 aromatic rings. The first-order valence-corrected chi connectivity index (χ1v) is 6.67. The molecule has 0 aliphatic carbocycles. The van der Waals surface area contributed by atoms with E-state index in [4.69, 9.17) is 11.6 Å². The van der Waals surface area contributed by atoms with Crippen LogP contribution >= 0.6 is 56.8 Å². The lowest BCUT2D eigenvalue weighted by molar-refractivity contribution is 0.934. The molecule has 0 aromatic carbocycles. The molecule has 0 spiro atoms. The van der Waals surface area contributed by atoms with E-state index < -0.39 is 0 Å². The summed E-state index contributed by atoms with van der Waals surface area (Å²) >= 11 is 10.0. The van der Waals surface area contributed by atoms with Gasteiger partial charge in [-0.1, -0.05) is 0 Å². The summed E-state index contributed by atoms with van der Waals surface area (Å²) < 4.78 is 3.87. The second-order valence-electron chi connectivity index (χ2n) is 2.70. The smallest absolute Gasteiger partial charge is 0.157 e. The molecule has 0 atom stereocenters. The van der Waals surface area contributed by atoms with Gasteiger partial charge in [-0.3, -0.25) is 9.55 Å². The van der Waals surface area contributed by atoms with Crippen LogP contribution in [0.15, 0.2) is 18.7 Å². The van der Waals surface area contributed by atoms with Crippen LogP contribution in [0.25, 0.3) is 5.82 Å². The molecule has 2 heterocycles. The van der Waals surface area contributed by atoms with E-state index in [2.05, 4.69) is 60.1 Å². The Hall–Kier alpha value is 0.0400. The Labute approximate surface area is 119 Å². The average molecular weight is 446 g/mol. The van der Waals surface area contributed by atoms with Gasteiger partial charge in [-0.2, -0.15) is 0 Å². The number of alkyl halides is 1. The van der Waals surface area contributed by atoms with Gasteiger partial charge in [0.05, 0.1) is 24.0 Å². The zero-order chi connectivity index (χ0) is 10.8. The summed E-state index contributed by atoms with van der Waals surface area (Å²) in [6.45, 7) is 0. The van der Waals surface area contributed by atoms with Crippen molar-refractivity contribution < 1.29 is 0 Å². The molecule has 0 fully saturated rings. The second kappa shape index (κ2) is 4.91. The van der Waals surface area contributed by atoms with E-state index in [1.165, 1.54) is 0 Å². The van der Waals surface area contributed by atoms with Gasteiger partial charge in [-0.05, 0) is 45.2 Å². The second-order valence-corrected chi connectivity index (χ2v) is 5.01. The highest BCUT2D eigenvalue weighted by atomic mass is 127. The molecular weight excluding hydrogens is 441 g/mol. The summed E-state index contributed by atoms with van der Waals surface area (Å²) in [6.07, 6.45) is 5.09. The number of nitrogens with zero attached hydrogens (tertiary/aromatic N) is 4. The third-order valence-corrected chi connectivity index (χ3v) is 4.87. The maximum atomic E-state index is 5.64. The predicted octanol–water partition coefficient (Wildman–Crippen LogP) is 2.61. The van der Waals surface area contributed by atoms with Crippen LogP contribution in [0.2, 0.25) is 0 Å². The Morgan fingerprint density at radius 1 is 1.20 bits per heavy atom. The highest BCUT2D eigenvalue weighted by Crippen LogP contribution is 2.16. The average Bonchev–Trinajstić information content (AvgIpc) is 2.60. The lowest BCUT2D eigenvalue weighted by Gasteiger charge is -2.02. The molecule has 0 saturated carbocycles. The quantitative estimate of drug-likeness (QED) is 0.526. The number of rotatable bonds is 2. The number of hydrogen-bond acceptors (Lipinski definition) is 3. The molecule has 0 aliphatic rings. The van der Waals surface area contributed by atoms with Crippen molar-refractivity contribution in [2.24, 2.45) is 0 Å². The van der Waals surface area contributed by atoms with Crippen LogP contribution in [0.1, 0.15) is 5.69 Å². The maximum Gasteiger partial charge on any atom is 0.157 e. The van der Waals surface area contributed by atoms with Crippen LogP contribution in [0.3, 0.4) is 0 Å². The largest absolute Gasteiger partial charge is 0.276 e. The Kier molecular flexibility index (Phi) is 3.78. The summed E-state index contributed by atoms with van der Waals surface area (Å²) in [6, 6.07) is 0. The Morgan fingerprint density at radius 2 is 2.00 bits per heavy atom. The van der Waals surface area contributed by atoms with Crippen LogP contribution in [0.5, 0.6) is 0 Å². The summed E-state index contributed by atoms with van der Waals surface area (Å²) in [7, 11) is 0. The summed E-state index contributed by atoms with van der Waals surface area (Å²) in [5, 5.41) is 0. The van der Waals surface area contributed by atoms with Crippen LogP contribution in [0.4, 0.5) is 0 Å². The molecule has 0 saturated heterocycles. The Morgan fingerprint density at radius 3 is 2.47 bits per heavy atom. The number of imidazole rings is 1. The molecule has 0 aliphatic heterocycles. The van der Waals surface area contributed by atoms with E-state index in [-0.39, 0.29) is 0 Å². The van der Waals surface area contributed by atoms with Crippen molar-refractivity contribution in [3.8, 4) is 5.82 Å². The van der Waals surface area contributed by atoms with Crippen molar-refractivity contribution >= 4 is 56.8 Å². The topological polar surface area (TPSA) is 43.6 Å². The fourth-order valence-electron chi connectivity index (χ4n) is 1.01. The van der Waals surface area contributed by atoms with E-state index in [0.717, 1.165) is 18.9 Å². The molecule has 78 valence electrons.